The second-order valence-electron chi connectivity index (χ2n) is 6.26. The minimum atomic E-state index is 0.158. The van der Waals surface area contributed by atoms with Gasteiger partial charge in [0, 0.05) is 25.7 Å². The molecule has 2 unspecified atom stereocenters. The van der Waals surface area contributed by atoms with Crippen molar-refractivity contribution in [1.82, 2.24) is 10.6 Å². The Morgan fingerprint density at radius 1 is 1.28 bits per heavy atom. The lowest BCUT2D eigenvalue weighted by atomic mass is 9.80. The first-order valence-corrected chi connectivity index (χ1v) is 7.76. The number of nitrogens with one attached hydrogen (secondary N) is 2. The van der Waals surface area contributed by atoms with Crippen LogP contribution in [0.2, 0.25) is 0 Å². The van der Waals surface area contributed by atoms with Crippen molar-refractivity contribution in [2.24, 2.45) is 0 Å². The van der Waals surface area contributed by atoms with Gasteiger partial charge in [-0.25, -0.2) is 0 Å². The lowest BCUT2D eigenvalue weighted by molar-refractivity contribution is -0.0708. The molecule has 0 bridgehead atoms. The number of hydrogen-bond donors (Lipinski definition) is 2. The van der Waals surface area contributed by atoms with Crippen LogP contribution in [0.3, 0.4) is 0 Å². The molecular weight excluding hydrogens is 224 g/mol. The first-order chi connectivity index (χ1) is 8.74. The predicted octanol–water partition coefficient (Wildman–Crippen LogP) is 2.46. The summed E-state index contributed by atoms with van der Waals surface area (Å²) in [5.74, 6) is 0. The molecule has 1 aliphatic carbocycles. The molecule has 0 aromatic carbocycles. The summed E-state index contributed by atoms with van der Waals surface area (Å²) in [4.78, 5) is 0. The van der Waals surface area contributed by atoms with E-state index in [9.17, 15) is 0 Å². The van der Waals surface area contributed by atoms with Crippen LogP contribution < -0.4 is 10.6 Å². The maximum absolute atomic E-state index is 5.66. The Balaban J connectivity index is 1.66. The van der Waals surface area contributed by atoms with E-state index >= 15 is 0 Å². The molecule has 2 rings (SSSR count). The zero-order valence-corrected chi connectivity index (χ0v) is 12.1. The average Bonchev–Trinajstić information content (AvgIpc) is 2.57. The summed E-state index contributed by atoms with van der Waals surface area (Å²) in [7, 11) is 1.86. The first kappa shape index (κ1) is 14.3. The summed E-state index contributed by atoms with van der Waals surface area (Å²) in [6.07, 6.45) is 10.5. The van der Waals surface area contributed by atoms with E-state index < -0.39 is 0 Å². The zero-order valence-electron chi connectivity index (χ0n) is 12.1. The highest BCUT2D eigenvalue weighted by atomic mass is 16.5. The van der Waals surface area contributed by atoms with Crippen LogP contribution in [0, 0.1) is 0 Å². The fraction of sp³-hybridized carbons (Fsp3) is 1.00. The quantitative estimate of drug-likeness (QED) is 0.764. The van der Waals surface area contributed by atoms with Crippen LogP contribution in [0.5, 0.6) is 0 Å². The number of hydrogen-bond acceptors (Lipinski definition) is 3. The Morgan fingerprint density at radius 2 is 2.11 bits per heavy atom. The van der Waals surface area contributed by atoms with Crippen LogP contribution in [-0.2, 0) is 4.74 Å². The highest BCUT2D eigenvalue weighted by Crippen LogP contribution is 2.34. The van der Waals surface area contributed by atoms with Crippen LogP contribution in [0.4, 0.5) is 0 Å². The third-order valence-corrected chi connectivity index (χ3v) is 4.77. The predicted molar refractivity (Wildman–Crippen MR) is 75.9 cm³/mol. The van der Waals surface area contributed by atoms with Crippen LogP contribution in [0.15, 0.2) is 0 Å². The van der Waals surface area contributed by atoms with Gasteiger partial charge in [-0.15, -0.1) is 0 Å². The van der Waals surface area contributed by atoms with Gasteiger partial charge in [-0.2, -0.15) is 0 Å². The molecule has 1 heterocycles. The first-order valence-electron chi connectivity index (χ1n) is 7.76. The smallest absolute Gasteiger partial charge is 0.0802 e. The third-order valence-electron chi connectivity index (χ3n) is 4.77. The van der Waals surface area contributed by atoms with Gasteiger partial charge in [-0.05, 0) is 52.0 Å². The van der Waals surface area contributed by atoms with E-state index in [1.807, 2.05) is 7.11 Å². The summed E-state index contributed by atoms with van der Waals surface area (Å²) in [5, 5.41) is 7.36. The third kappa shape index (κ3) is 3.94. The molecule has 1 aliphatic heterocycles. The van der Waals surface area contributed by atoms with E-state index in [0.29, 0.717) is 6.04 Å². The Bertz CT molecular complexity index is 227. The van der Waals surface area contributed by atoms with Crippen molar-refractivity contribution in [1.29, 1.82) is 0 Å². The topological polar surface area (TPSA) is 33.3 Å². The van der Waals surface area contributed by atoms with Crippen molar-refractivity contribution in [3.8, 4) is 0 Å². The van der Waals surface area contributed by atoms with E-state index in [-0.39, 0.29) is 5.60 Å². The molecule has 0 radical (unpaired) electrons. The van der Waals surface area contributed by atoms with Crippen molar-refractivity contribution in [3.63, 3.8) is 0 Å². The molecule has 106 valence electrons. The van der Waals surface area contributed by atoms with Crippen molar-refractivity contribution in [3.05, 3.63) is 0 Å². The summed E-state index contributed by atoms with van der Waals surface area (Å²) < 4.78 is 5.66. The van der Waals surface area contributed by atoms with E-state index in [4.69, 9.17) is 4.74 Å². The van der Waals surface area contributed by atoms with Gasteiger partial charge in [0.2, 0.25) is 0 Å². The van der Waals surface area contributed by atoms with Crippen molar-refractivity contribution < 1.29 is 4.74 Å². The van der Waals surface area contributed by atoms with Crippen LogP contribution in [-0.4, -0.2) is 37.9 Å². The lowest BCUT2D eigenvalue weighted by Crippen LogP contribution is -2.50. The van der Waals surface area contributed by atoms with Gasteiger partial charge in [0.1, 0.15) is 0 Å². The van der Waals surface area contributed by atoms with Crippen molar-refractivity contribution in [2.75, 3.05) is 20.2 Å². The zero-order chi connectivity index (χ0) is 12.8. The second-order valence-corrected chi connectivity index (χ2v) is 6.26. The fourth-order valence-electron chi connectivity index (χ4n) is 3.20. The Labute approximate surface area is 112 Å². The maximum atomic E-state index is 5.66. The molecule has 0 spiro atoms. The summed E-state index contributed by atoms with van der Waals surface area (Å²) in [6.45, 7) is 4.55. The summed E-state index contributed by atoms with van der Waals surface area (Å²) >= 11 is 0. The van der Waals surface area contributed by atoms with Gasteiger partial charge in [0.05, 0.1) is 5.60 Å². The fourth-order valence-corrected chi connectivity index (χ4v) is 3.20. The molecule has 2 atom stereocenters. The summed E-state index contributed by atoms with van der Waals surface area (Å²) in [6, 6.07) is 1.31. The van der Waals surface area contributed by atoms with Crippen LogP contribution in [0.1, 0.15) is 58.3 Å². The van der Waals surface area contributed by atoms with Gasteiger partial charge in [0.15, 0.2) is 0 Å². The van der Waals surface area contributed by atoms with Gasteiger partial charge in [-0.3, -0.25) is 0 Å². The Morgan fingerprint density at radius 3 is 2.78 bits per heavy atom. The average molecular weight is 254 g/mol. The van der Waals surface area contributed by atoms with Crippen LogP contribution >= 0.6 is 0 Å². The molecular formula is C15H30N2O. The number of rotatable bonds is 6. The monoisotopic (exact) mass is 254 g/mol. The maximum Gasteiger partial charge on any atom is 0.0802 e. The lowest BCUT2D eigenvalue weighted by Gasteiger charge is -2.41. The summed E-state index contributed by atoms with van der Waals surface area (Å²) in [5.41, 5.74) is 0.158. The van der Waals surface area contributed by atoms with Crippen molar-refractivity contribution >= 4 is 0 Å². The number of methoxy groups -OCH3 is 1. The van der Waals surface area contributed by atoms with Crippen molar-refractivity contribution in [2.45, 2.75) is 76.0 Å². The largest absolute Gasteiger partial charge is 0.377 e. The molecule has 18 heavy (non-hydrogen) atoms. The molecule has 2 aliphatic rings. The number of ether oxygens (including phenoxy) is 1. The van der Waals surface area contributed by atoms with Gasteiger partial charge in [-0.1, -0.05) is 12.8 Å². The molecule has 0 aromatic heterocycles. The highest BCUT2D eigenvalue weighted by molar-refractivity contribution is 4.92. The second kappa shape index (κ2) is 6.88. The molecule has 0 aromatic rings. The molecule has 1 saturated carbocycles. The van der Waals surface area contributed by atoms with Gasteiger partial charge in [0.25, 0.3) is 0 Å². The molecule has 1 saturated heterocycles. The molecule has 2 N–H and O–H groups in total. The van der Waals surface area contributed by atoms with E-state index in [1.165, 1.54) is 57.9 Å². The molecule has 3 nitrogen and oxygen atoms in total. The van der Waals surface area contributed by atoms with Gasteiger partial charge < -0.3 is 15.4 Å². The van der Waals surface area contributed by atoms with Gasteiger partial charge >= 0.3 is 0 Å². The van der Waals surface area contributed by atoms with E-state index in [0.717, 1.165) is 12.6 Å². The molecule has 2 fully saturated rings. The Kier molecular flexibility index (Phi) is 5.46. The minimum absolute atomic E-state index is 0.158. The standard InChI is InChI=1S/C15H30N2O/c1-13(11-14-7-4-3-5-10-16-14)17-12-15(18-2)8-6-9-15/h13-14,16-17H,3-12H2,1-2H3. The molecule has 0 amide bonds. The highest BCUT2D eigenvalue weighted by Gasteiger charge is 2.36. The Hall–Kier alpha value is -0.120. The van der Waals surface area contributed by atoms with E-state index in [1.54, 1.807) is 0 Å². The molecule has 3 heteroatoms. The SMILES string of the molecule is COC1(CNC(C)CC2CCCCCN2)CCC1. The van der Waals surface area contributed by atoms with Crippen LogP contribution in [0.25, 0.3) is 0 Å². The minimum Gasteiger partial charge on any atom is -0.377 e. The van der Waals surface area contributed by atoms with E-state index in [2.05, 4.69) is 17.6 Å². The normalized spacial score (nSPS) is 29.3.